The monoisotopic (exact) mass is 316 g/mol. The van der Waals surface area contributed by atoms with Crippen molar-refractivity contribution in [3.63, 3.8) is 0 Å². The standard InChI is InChI=1S/C16H24N6O/c1-4-18-16(21-13(2)11-23-3)20-10-14-5-6-15(19-9-14)22-8-7-17-12-22/h5-9,12-13H,4,10-11H2,1-3H3,(H2,18,20,21). The van der Waals surface area contributed by atoms with E-state index in [2.05, 4.69) is 32.5 Å². The fraction of sp³-hybridized carbons (Fsp3) is 0.438. The average molecular weight is 316 g/mol. The minimum absolute atomic E-state index is 0.194. The highest BCUT2D eigenvalue weighted by Crippen LogP contribution is 2.06. The highest BCUT2D eigenvalue weighted by Gasteiger charge is 2.04. The molecule has 7 nitrogen and oxygen atoms in total. The molecule has 0 bridgehead atoms. The first-order chi connectivity index (χ1) is 11.2. The van der Waals surface area contributed by atoms with E-state index < -0.39 is 0 Å². The molecule has 0 fully saturated rings. The molecular formula is C16H24N6O. The van der Waals surface area contributed by atoms with Crippen molar-refractivity contribution in [2.24, 2.45) is 4.99 Å². The van der Waals surface area contributed by atoms with Crippen LogP contribution in [0.3, 0.4) is 0 Å². The van der Waals surface area contributed by atoms with Gasteiger partial charge in [-0.3, -0.25) is 4.57 Å². The Labute approximate surface area is 136 Å². The van der Waals surface area contributed by atoms with Crippen LogP contribution in [0.15, 0.2) is 42.0 Å². The Kier molecular flexibility index (Phi) is 6.56. The summed E-state index contributed by atoms with van der Waals surface area (Å²) in [4.78, 5) is 13.0. The number of hydrogen-bond donors (Lipinski definition) is 2. The van der Waals surface area contributed by atoms with Crippen LogP contribution in [-0.4, -0.2) is 46.8 Å². The van der Waals surface area contributed by atoms with Crippen LogP contribution in [-0.2, 0) is 11.3 Å². The van der Waals surface area contributed by atoms with Crippen molar-refractivity contribution in [1.29, 1.82) is 0 Å². The van der Waals surface area contributed by atoms with E-state index in [1.54, 1.807) is 19.6 Å². The lowest BCUT2D eigenvalue weighted by Crippen LogP contribution is -2.43. The van der Waals surface area contributed by atoms with Gasteiger partial charge in [-0.1, -0.05) is 6.07 Å². The van der Waals surface area contributed by atoms with E-state index in [9.17, 15) is 0 Å². The number of nitrogens with one attached hydrogen (secondary N) is 2. The van der Waals surface area contributed by atoms with Crippen molar-refractivity contribution in [2.45, 2.75) is 26.4 Å². The Hall–Kier alpha value is -2.41. The predicted molar refractivity (Wildman–Crippen MR) is 90.6 cm³/mol. The van der Waals surface area contributed by atoms with Crippen LogP contribution < -0.4 is 10.6 Å². The van der Waals surface area contributed by atoms with Crippen LogP contribution in [0.5, 0.6) is 0 Å². The van der Waals surface area contributed by atoms with Gasteiger partial charge in [0.25, 0.3) is 0 Å². The van der Waals surface area contributed by atoms with Gasteiger partial charge in [-0.05, 0) is 25.5 Å². The molecule has 0 aliphatic heterocycles. The molecular weight excluding hydrogens is 292 g/mol. The minimum atomic E-state index is 0.194. The van der Waals surface area contributed by atoms with Gasteiger partial charge in [-0.15, -0.1) is 0 Å². The van der Waals surface area contributed by atoms with Crippen LogP contribution >= 0.6 is 0 Å². The van der Waals surface area contributed by atoms with Gasteiger partial charge in [0.1, 0.15) is 12.1 Å². The van der Waals surface area contributed by atoms with Crippen molar-refractivity contribution < 1.29 is 4.74 Å². The maximum Gasteiger partial charge on any atom is 0.191 e. The molecule has 1 atom stereocenters. The number of hydrogen-bond acceptors (Lipinski definition) is 4. The first kappa shape index (κ1) is 17.0. The van der Waals surface area contributed by atoms with Crippen LogP contribution in [0, 0.1) is 0 Å². The summed E-state index contributed by atoms with van der Waals surface area (Å²) in [7, 11) is 1.69. The molecule has 0 amide bonds. The quantitative estimate of drug-likeness (QED) is 0.596. The summed E-state index contributed by atoms with van der Waals surface area (Å²) in [5.41, 5.74) is 1.05. The molecule has 124 valence electrons. The van der Waals surface area contributed by atoms with E-state index >= 15 is 0 Å². The smallest absolute Gasteiger partial charge is 0.191 e. The van der Waals surface area contributed by atoms with Crippen molar-refractivity contribution in [3.05, 3.63) is 42.6 Å². The molecule has 0 aromatic carbocycles. The third-order valence-electron chi connectivity index (χ3n) is 3.14. The summed E-state index contributed by atoms with van der Waals surface area (Å²) in [6.45, 7) is 6.10. The molecule has 1 unspecified atom stereocenters. The highest BCUT2D eigenvalue weighted by molar-refractivity contribution is 5.80. The molecule has 2 heterocycles. The lowest BCUT2D eigenvalue weighted by Gasteiger charge is -2.17. The zero-order chi connectivity index (χ0) is 16.5. The number of aliphatic imine (C=N–C) groups is 1. The first-order valence-electron chi connectivity index (χ1n) is 7.70. The molecule has 2 aromatic heterocycles. The maximum absolute atomic E-state index is 5.13. The number of rotatable bonds is 7. The molecule has 2 aromatic rings. The number of pyridine rings is 1. The summed E-state index contributed by atoms with van der Waals surface area (Å²) in [6, 6.07) is 4.17. The van der Waals surface area contributed by atoms with E-state index in [0.717, 1.165) is 23.9 Å². The van der Waals surface area contributed by atoms with Gasteiger partial charge in [-0.25, -0.2) is 15.0 Å². The Morgan fingerprint density at radius 2 is 2.30 bits per heavy atom. The second kappa shape index (κ2) is 8.89. The molecule has 7 heteroatoms. The third-order valence-corrected chi connectivity index (χ3v) is 3.14. The number of imidazole rings is 1. The SMILES string of the molecule is CCNC(=NCc1ccc(-n2ccnc2)nc1)NC(C)COC. The minimum Gasteiger partial charge on any atom is -0.383 e. The zero-order valence-corrected chi connectivity index (χ0v) is 13.9. The number of nitrogens with zero attached hydrogens (tertiary/aromatic N) is 4. The zero-order valence-electron chi connectivity index (χ0n) is 13.9. The summed E-state index contributed by atoms with van der Waals surface area (Å²) in [5.74, 6) is 1.62. The lowest BCUT2D eigenvalue weighted by molar-refractivity contribution is 0.179. The van der Waals surface area contributed by atoms with Crippen molar-refractivity contribution >= 4 is 5.96 Å². The molecule has 0 saturated heterocycles. The summed E-state index contributed by atoms with van der Waals surface area (Å²) < 4.78 is 7.00. The van der Waals surface area contributed by atoms with Crippen LogP contribution in [0.2, 0.25) is 0 Å². The van der Waals surface area contributed by atoms with E-state index in [4.69, 9.17) is 4.74 Å². The molecule has 23 heavy (non-hydrogen) atoms. The van der Waals surface area contributed by atoms with Gasteiger partial charge in [0.05, 0.1) is 13.2 Å². The second-order valence-electron chi connectivity index (χ2n) is 5.19. The van der Waals surface area contributed by atoms with E-state index in [1.807, 2.05) is 36.0 Å². The van der Waals surface area contributed by atoms with Gasteiger partial charge in [0.2, 0.25) is 0 Å². The van der Waals surface area contributed by atoms with Crippen molar-refractivity contribution in [2.75, 3.05) is 20.3 Å². The van der Waals surface area contributed by atoms with Crippen LogP contribution in [0.25, 0.3) is 5.82 Å². The van der Waals surface area contributed by atoms with Crippen LogP contribution in [0.4, 0.5) is 0 Å². The lowest BCUT2D eigenvalue weighted by atomic mass is 10.3. The molecule has 0 aliphatic carbocycles. The number of methoxy groups -OCH3 is 1. The Morgan fingerprint density at radius 1 is 1.43 bits per heavy atom. The normalized spacial score (nSPS) is 12.9. The second-order valence-corrected chi connectivity index (χ2v) is 5.19. The summed E-state index contributed by atoms with van der Waals surface area (Å²) in [5, 5.41) is 6.53. The van der Waals surface area contributed by atoms with E-state index in [0.29, 0.717) is 13.2 Å². The fourth-order valence-electron chi connectivity index (χ4n) is 2.07. The Morgan fingerprint density at radius 3 is 2.91 bits per heavy atom. The molecule has 2 N–H and O–H groups in total. The van der Waals surface area contributed by atoms with Gasteiger partial charge in [0, 0.05) is 38.3 Å². The molecule has 0 spiro atoms. The predicted octanol–water partition coefficient (Wildman–Crippen LogP) is 1.36. The summed E-state index contributed by atoms with van der Waals surface area (Å²) in [6.07, 6.45) is 7.16. The van der Waals surface area contributed by atoms with Gasteiger partial charge in [-0.2, -0.15) is 0 Å². The molecule has 0 saturated carbocycles. The first-order valence-corrected chi connectivity index (χ1v) is 7.70. The maximum atomic E-state index is 5.13. The number of guanidine groups is 1. The van der Waals surface area contributed by atoms with Gasteiger partial charge < -0.3 is 15.4 Å². The number of aromatic nitrogens is 3. The molecule has 2 rings (SSSR count). The van der Waals surface area contributed by atoms with Crippen LogP contribution in [0.1, 0.15) is 19.4 Å². The van der Waals surface area contributed by atoms with Crippen molar-refractivity contribution in [3.8, 4) is 5.82 Å². The number of ether oxygens (including phenoxy) is 1. The highest BCUT2D eigenvalue weighted by atomic mass is 16.5. The topological polar surface area (TPSA) is 76.4 Å². The largest absolute Gasteiger partial charge is 0.383 e. The molecule has 0 radical (unpaired) electrons. The van der Waals surface area contributed by atoms with Gasteiger partial charge >= 0.3 is 0 Å². The summed E-state index contributed by atoms with van der Waals surface area (Å²) >= 11 is 0. The van der Waals surface area contributed by atoms with Crippen molar-refractivity contribution in [1.82, 2.24) is 25.2 Å². The van der Waals surface area contributed by atoms with E-state index in [1.165, 1.54) is 0 Å². The fourth-order valence-corrected chi connectivity index (χ4v) is 2.07. The Balaban J connectivity index is 1.98. The third kappa shape index (κ3) is 5.37. The average Bonchev–Trinajstić information content (AvgIpc) is 3.08. The molecule has 0 aliphatic rings. The van der Waals surface area contributed by atoms with Gasteiger partial charge in [0.15, 0.2) is 5.96 Å². The van der Waals surface area contributed by atoms with E-state index in [-0.39, 0.29) is 6.04 Å². The Bertz CT molecular complexity index is 594.